The number of nitrogens with zero attached hydrogens (tertiary/aromatic N) is 4. The summed E-state index contributed by atoms with van der Waals surface area (Å²) in [6.07, 6.45) is 5.88. The fourth-order valence-electron chi connectivity index (χ4n) is 0.819. The average Bonchev–Trinajstić information content (AvgIpc) is 2.29. The SMILES string of the molecule is C/C=C/C=C1N(C)N=NN1C. The van der Waals surface area contributed by atoms with Crippen molar-refractivity contribution in [2.75, 3.05) is 14.1 Å². The van der Waals surface area contributed by atoms with Crippen LogP contribution >= 0.6 is 0 Å². The molecule has 1 aliphatic rings. The van der Waals surface area contributed by atoms with Gasteiger partial charge in [0.25, 0.3) is 0 Å². The third-order valence-corrected chi connectivity index (χ3v) is 1.41. The summed E-state index contributed by atoms with van der Waals surface area (Å²) in [5, 5.41) is 11.1. The highest BCUT2D eigenvalue weighted by atomic mass is 15.8. The Morgan fingerprint density at radius 1 is 1.18 bits per heavy atom. The second-order valence-corrected chi connectivity index (χ2v) is 2.28. The van der Waals surface area contributed by atoms with Crippen LogP contribution in [0.4, 0.5) is 0 Å². The number of hydrogen-bond donors (Lipinski definition) is 0. The Hall–Kier alpha value is -1.32. The van der Waals surface area contributed by atoms with Gasteiger partial charge in [-0.1, -0.05) is 12.2 Å². The smallest absolute Gasteiger partial charge is 0.148 e. The maximum absolute atomic E-state index is 3.83. The summed E-state index contributed by atoms with van der Waals surface area (Å²) in [4.78, 5) is 0. The van der Waals surface area contributed by atoms with Crippen LogP contribution in [0.3, 0.4) is 0 Å². The van der Waals surface area contributed by atoms with Crippen LogP contribution in [0.2, 0.25) is 0 Å². The molecule has 0 aromatic carbocycles. The van der Waals surface area contributed by atoms with Crippen LogP contribution in [-0.4, -0.2) is 24.1 Å². The van der Waals surface area contributed by atoms with E-state index in [0.29, 0.717) is 0 Å². The molecule has 0 aliphatic carbocycles. The van der Waals surface area contributed by atoms with Crippen LogP contribution < -0.4 is 0 Å². The van der Waals surface area contributed by atoms with E-state index in [1.807, 2.05) is 39.2 Å². The largest absolute Gasteiger partial charge is 0.231 e. The first-order chi connectivity index (χ1) is 5.25. The molecule has 0 spiro atoms. The first-order valence-corrected chi connectivity index (χ1v) is 3.47. The summed E-state index contributed by atoms with van der Waals surface area (Å²) in [6, 6.07) is 0. The Labute approximate surface area is 66.5 Å². The van der Waals surface area contributed by atoms with Crippen LogP contribution in [-0.2, 0) is 0 Å². The fourth-order valence-corrected chi connectivity index (χ4v) is 0.819. The van der Waals surface area contributed by atoms with Crippen LogP contribution in [0, 0.1) is 0 Å². The van der Waals surface area contributed by atoms with Gasteiger partial charge in [-0.25, -0.2) is 10.0 Å². The lowest BCUT2D eigenvalue weighted by Gasteiger charge is -2.10. The molecule has 0 saturated carbocycles. The molecule has 1 rings (SSSR count). The molecule has 1 aliphatic heterocycles. The van der Waals surface area contributed by atoms with E-state index < -0.39 is 0 Å². The van der Waals surface area contributed by atoms with Gasteiger partial charge in [0.1, 0.15) is 5.82 Å². The third-order valence-electron chi connectivity index (χ3n) is 1.41. The first-order valence-electron chi connectivity index (χ1n) is 3.47. The van der Waals surface area contributed by atoms with Crippen molar-refractivity contribution < 1.29 is 0 Å². The van der Waals surface area contributed by atoms with Gasteiger partial charge in [-0.2, -0.15) is 0 Å². The van der Waals surface area contributed by atoms with Gasteiger partial charge in [0.05, 0.1) is 0 Å². The first kappa shape index (κ1) is 7.78. The van der Waals surface area contributed by atoms with Crippen molar-refractivity contribution in [3.63, 3.8) is 0 Å². The summed E-state index contributed by atoms with van der Waals surface area (Å²) in [7, 11) is 3.73. The topological polar surface area (TPSA) is 31.2 Å². The lowest BCUT2D eigenvalue weighted by molar-refractivity contribution is 0.379. The lowest BCUT2D eigenvalue weighted by Crippen LogP contribution is -2.15. The molecule has 1 heterocycles. The fraction of sp³-hybridized carbons (Fsp3) is 0.429. The van der Waals surface area contributed by atoms with E-state index in [0.717, 1.165) is 5.82 Å². The number of hydrogen-bond acceptors (Lipinski definition) is 4. The summed E-state index contributed by atoms with van der Waals surface area (Å²) in [6.45, 7) is 1.97. The molecule has 0 atom stereocenters. The Kier molecular flexibility index (Phi) is 2.25. The number of allylic oxidation sites excluding steroid dienone is 3. The van der Waals surface area contributed by atoms with E-state index in [-0.39, 0.29) is 0 Å². The normalized spacial score (nSPS) is 17.2. The molecule has 0 saturated heterocycles. The molecule has 0 N–H and O–H groups in total. The zero-order chi connectivity index (χ0) is 8.27. The second kappa shape index (κ2) is 3.18. The molecule has 0 aromatic rings. The van der Waals surface area contributed by atoms with Gasteiger partial charge in [-0.15, -0.1) is 0 Å². The minimum atomic E-state index is 0.975. The third kappa shape index (κ3) is 1.58. The van der Waals surface area contributed by atoms with E-state index >= 15 is 0 Å². The minimum absolute atomic E-state index is 0.975. The molecule has 0 unspecified atom stereocenters. The molecule has 4 heteroatoms. The van der Waals surface area contributed by atoms with Crippen molar-refractivity contribution in [3.05, 3.63) is 24.0 Å². The van der Waals surface area contributed by atoms with Crippen LogP contribution in [0.25, 0.3) is 0 Å². The van der Waals surface area contributed by atoms with Gasteiger partial charge < -0.3 is 0 Å². The predicted molar refractivity (Wildman–Crippen MR) is 43.3 cm³/mol. The Morgan fingerprint density at radius 3 is 2.18 bits per heavy atom. The maximum Gasteiger partial charge on any atom is 0.148 e. The van der Waals surface area contributed by atoms with E-state index in [9.17, 15) is 0 Å². The molecular formula is C7H12N4. The van der Waals surface area contributed by atoms with E-state index in [1.54, 1.807) is 10.0 Å². The second-order valence-electron chi connectivity index (χ2n) is 2.28. The van der Waals surface area contributed by atoms with Crippen molar-refractivity contribution in [2.45, 2.75) is 6.92 Å². The average molecular weight is 152 g/mol. The van der Waals surface area contributed by atoms with Gasteiger partial charge in [0.15, 0.2) is 0 Å². The molecule has 0 radical (unpaired) electrons. The van der Waals surface area contributed by atoms with Gasteiger partial charge >= 0.3 is 0 Å². The Morgan fingerprint density at radius 2 is 1.73 bits per heavy atom. The molecule has 0 aromatic heterocycles. The van der Waals surface area contributed by atoms with Gasteiger partial charge in [-0.3, -0.25) is 0 Å². The molecule has 11 heavy (non-hydrogen) atoms. The minimum Gasteiger partial charge on any atom is -0.231 e. The standard InChI is InChI=1S/C7H12N4/c1-4-5-6-7-10(2)8-9-11(7)3/h4-6H,1-3H3/b5-4+. The quantitative estimate of drug-likeness (QED) is 0.571. The summed E-state index contributed by atoms with van der Waals surface area (Å²) >= 11 is 0. The van der Waals surface area contributed by atoms with Gasteiger partial charge in [-0.05, 0) is 23.4 Å². The van der Waals surface area contributed by atoms with Gasteiger partial charge in [0.2, 0.25) is 0 Å². The zero-order valence-corrected chi connectivity index (χ0v) is 7.02. The molecule has 0 fully saturated rings. The van der Waals surface area contributed by atoms with Crippen molar-refractivity contribution in [1.82, 2.24) is 10.0 Å². The van der Waals surface area contributed by atoms with Crippen LogP contribution in [0.15, 0.2) is 34.5 Å². The summed E-state index contributed by atoms with van der Waals surface area (Å²) in [5.74, 6) is 0.975. The van der Waals surface area contributed by atoms with Crippen LogP contribution in [0.5, 0.6) is 0 Å². The zero-order valence-electron chi connectivity index (χ0n) is 7.02. The molecule has 0 amide bonds. The predicted octanol–water partition coefficient (Wildman–Crippen LogP) is 1.56. The Balaban J connectivity index is 2.72. The Bertz CT molecular complexity index is 202. The number of rotatable bonds is 1. The van der Waals surface area contributed by atoms with Crippen molar-refractivity contribution >= 4 is 0 Å². The van der Waals surface area contributed by atoms with E-state index in [1.165, 1.54) is 0 Å². The monoisotopic (exact) mass is 152 g/mol. The molecule has 4 nitrogen and oxygen atoms in total. The van der Waals surface area contributed by atoms with E-state index in [4.69, 9.17) is 0 Å². The summed E-state index contributed by atoms with van der Waals surface area (Å²) < 4.78 is 0. The maximum atomic E-state index is 3.83. The van der Waals surface area contributed by atoms with Gasteiger partial charge in [0, 0.05) is 14.1 Å². The highest BCUT2D eigenvalue weighted by Crippen LogP contribution is 2.15. The summed E-state index contributed by atoms with van der Waals surface area (Å²) in [5.41, 5.74) is 0. The van der Waals surface area contributed by atoms with Crippen molar-refractivity contribution in [3.8, 4) is 0 Å². The lowest BCUT2D eigenvalue weighted by atomic mass is 10.4. The van der Waals surface area contributed by atoms with Crippen molar-refractivity contribution in [2.24, 2.45) is 10.4 Å². The van der Waals surface area contributed by atoms with Crippen LogP contribution in [0.1, 0.15) is 6.92 Å². The van der Waals surface area contributed by atoms with E-state index in [2.05, 4.69) is 10.4 Å². The van der Waals surface area contributed by atoms with Crippen molar-refractivity contribution in [1.29, 1.82) is 0 Å². The highest BCUT2D eigenvalue weighted by molar-refractivity contribution is 5.09. The highest BCUT2D eigenvalue weighted by Gasteiger charge is 2.13. The molecular weight excluding hydrogens is 140 g/mol. The molecule has 0 bridgehead atoms. The molecule has 60 valence electrons.